The average molecular weight is 634 g/mol. The Morgan fingerprint density at radius 1 is 1.05 bits per heavy atom. The van der Waals surface area contributed by atoms with Crippen molar-refractivity contribution in [2.45, 2.75) is 55.2 Å². The van der Waals surface area contributed by atoms with Gasteiger partial charge in [0.25, 0.3) is 0 Å². The topological polar surface area (TPSA) is 108 Å². The molecule has 3 aliphatic rings. The van der Waals surface area contributed by atoms with Crippen molar-refractivity contribution < 1.29 is 24.2 Å². The van der Waals surface area contributed by atoms with Gasteiger partial charge < -0.3 is 25.4 Å². The Hall–Kier alpha value is -3.53. The molecule has 0 radical (unpaired) electrons. The van der Waals surface area contributed by atoms with Gasteiger partial charge in [-0.05, 0) is 75.1 Å². The minimum absolute atomic E-state index is 0.257. The largest absolute Gasteiger partial charge is 0.494 e. The molecule has 2 unspecified atom stereocenters. The highest BCUT2D eigenvalue weighted by molar-refractivity contribution is 8.02. The number of aliphatic hydroxyl groups is 1. The maximum Gasteiger partial charge on any atom is 0.248 e. The molecule has 3 N–H and O–H groups in total. The van der Waals surface area contributed by atoms with Crippen molar-refractivity contribution in [3.8, 4) is 5.75 Å². The molecule has 0 saturated carbocycles. The highest BCUT2D eigenvalue weighted by atomic mass is 35.5. The minimum Gasteiger partial charge on any atom is -0.494 e. The van der Waals surface area contributed by atoms with Crippen LogP contribution in [0.3, 0.4) is 0 Å². The van der Waals surface area contributed by atoms with Gasteiger partial charge in [0, 0.05) is 10.4 Å². The fourth-order valence-corrected chi connectivity index (χ4v) is 10.0. The number of nitrogens with one attached hydrogen (secondary N) is 2. The van der Waals surface area contributed by atoms with E-state index in [1.165, 1.54) is 4.90 Å². The molecule has 3 amide bonds. The molecule has 44 heavy (non-hydrogen) atoms. The summed E-state index contributed by atoms with van der Waals surface area (Å²) >= 11 is 8.08. The van der Waals surface area contributed by atoms with Crippen molar-refractivity contribution in [3.63, 3.8) is 0 Å². The van der Waals surface area contributed by atoms with Crippen molar-refractivity contribution in [1.29, 1.82) is 0 Å². The second-order valence-corrected chi connectivity index (χ2v) is 14.3. The van der Waals surface area contributed by atoms with E-state index in [1.807, 2.05) is 63.2 Å². The lowest BCUT2D eigenvalue weighted by Gasteiger charge is -2.37. The Labute approximate surface area is 266 Å². The van der Waals surface area contributed by atoms with Gasteiger partial charge in [-0.2, -0.15) is 0 Å². The van der Waals surface area contributed by atoms with Crippen LogP contribution < -0.4 is 15.4 Å². The number of fused-ring (bicyclic) bond motifs is 1. The van der Waals surface area contributed by atoms with Crippen LogP contribution in [0.5, 0.6) is 5.75 Å². The Balaban J connectivity index is 1.40. The van der Waals surface area contributed by atoms with Crippen LogP contribution in [0.4, 0.5) is 11.4 Å². The zero-order chi connectivity index (χ0) is 31.2. The number of aryl methyl sites for hydroxylation is 1. The van der Waals surface area contributed by atoms with Crippen LogP contribution in [0, 0.1) is 18.8 Å². The molecule has 3 aromatic carbocycles. The summed E-state index contributed by atoms with van der Waals surface area (Å²) in [7, 11) is 0. The summed E-state index contributed by atoms with van der Waals surface area (Å²) in [4.78, 5) is 44.7. The lowest BCUT2D eigenvalue weighted by Crippen LogP contribution is -2.52. The van der Waals surface area contributed by atoms with Crippen LogP contribution in [0.2, 0.25) is 5.02 Å². The number of anilines is 2. The van der Waals surface area contributed by atoms with E-state index in [4.69, 9.17) is 16.3 Å². The number of likely N-dealkylation sites (tertiary alicyclic amines) is 1. The Morgan fingerprint density at radius 3 is 2.43 bits per heavy atom. The van der Waals surface area contributed by atoms with E-state index in [9.17, 15) is 19.5 Å². The molecule has 3 aliphatic heterocycles. The summed E-state index contributed by atoms with van der Waals surface area (Å²) in [5.41, 5.74) is 2.60. The zero-order valence-corrected chi connectivity index (χ0v) is 26.5. The van der Waals surface area contributed by atoms with Gasteiger partial charge in [0.1, 0.15) is 11.8 Å². The van der Waals surface area contributed by atoms with E-state index in [0.717, 1.165) is 5.56 Å². The standard InChI is InChI=1S/C34H36ClN3O5S/c1-4-43-23-15-13-22(14-16-23)36-30(40)26-27-32(42)38(25(19-39)21-10-6-5-7-11-21)29(34(27)18-17-33(26,3)44-34)31(41)37-28-20(2)9-8-12-24(28)35/h5-16,25-27,29,39H,4,17-19H2,1-3H3,(H,36,40)(H,37,41)/t25-,26-,27+,29?,33+,34?/m1/s1. The maximum atomic E-state index is 14.7. The van der Waals surface area contributed by atoms with E-state index >= 15 is 0 Å². The van der Waals surface area contributed by atoms with Crippen LogP contribution in [-0.4, -0.2) is 56.5 Å². The fourth-order valence-electron chi connectivity index (χ4n) is 7.43. The molecule has 3 saturated heterocycles. The Bertz CT molecular complexity index is 1570. The number of benzene rings is 3. The summed E-state index contributed by atoms with van der Waals surface area (Å²) in [6, 6.07) is 20.1. The number of ether oxygens (including phenoxy) is 1. The molecule has 3 aromatic rings. The monoisotopic (exact) mass is 633 g/mol. The number of hydrogen-bond donors (Lipinski definition) is 3. The number of para-hydroxylation sites is 1. The molecule has 0 aliphatic carbocycles. The normalized spacial score (nSPS) is 27.6. The number of carbonyl (C=O) groups is 3. The van der Waals surface area contributed by atoms with Crippen LogP contribution in [0.25, 0.3) is 0 Å². The number of hydrogen-bond acceptors (Lipinski definition) is 6. The minimum atomic E-state index is -0.942. The molecule has 230 valence electrons. The van der Waals surface area contributed by atoms with Gasteiger partial charge in [0.2, 0.25) is 17.7 Å². The van der Waals surface area contributed by atoms with Crippen molar-refractivity contribution >= 4 is 52.5 Å². The first-order valence-electron chi connectivity index (χ1n) is 14.9. The zero-order valence-electron chi connectivity index (χ0n) is 24.9. The quantitative estimate of drug-likeness (QED) is 0.273. The second-order valence-electron chi connectivity index (χ2n) is 11.9. The van der Waals surface area contributed by atoms with Gasteiger partial charge in [0.05, 0.1) is 46.5 Å². The predicted molar refractivity (Wildman–Crippen MR) is 173 cm³/mol. The third-order valence-corrected chi connectivity index (χ3v) is 11.6. The highest BCUT2D eigenvalue weighted by Gasteiger charge is 2.77. The molecule has 10 heteroatoms. The Morgan fingerprint density at radius 2 is 1.77 bits per heavy atom. The number of nitrogens with zero attached hydrogens (tertiary/aromatic N) is 1. The molecule has 0 aromatic heterocycles. The molecular formula is C34H36ClN3O5S. The van der Waals surface area contributed by atoms with E-state index in [0.29, 0.717) is 47.2 Å². The van der Waals surface area contributed by atoms with Crippen LogP contribution in [-0.2, 0) is 14.4 Å². The van der Waals surface area contributed by atoms with E-state index in [-0.39, 0.29) is 24.3 Å². The number of rotatable bonds is 9. The molecule has 8 nitrogen and oxygen atoms in total. The van der Waals surface area contributed by atoms with E-state index in [1.54, 1.807) is 42.1 Å². The van der Waals surface area contributed by atoms with Crippen molar-refractivity contribution in [1.82, 2.24) is 4.90 Å². The van der Waals surface area contributed by atoms with Crippen molar-refractivity contribution in [2.75, 3.05) is 23.8 Å². The van der Waals surface area contributed by atoms with Gasteiger partial charge in [-0.1, -0.05) is 54.1 Å². The molecule has 3 heterocycles. The first-order chi connectivity index (χ1) is 21.1. The third kappa shape index (κ3) is 4.95. The first-order valence-corrected chi connectivity index (χ1v) is 16.1. The van der Waals surface area contributed by atoms with Crippen LogP contribution in [0.15, 0.2) is 72.8 Å². The third-order valence-electron chi connectivity index (χ3n) is 9.34. The van der Waals surface area contributed by atoms with Crippen molar-refractivity contribution in [2.24, 2.45) is 11.8 Å². The van der Waals surface area contributed by atoms with Gasteiger partial charge in [-0.3, -0.25) is 14.4 Å². The van der Waals surface area contributed by atoms with Crippen LogP contribution >= 0.6 is 23.4 Å². The second kappa shape index (κ2) is 11.8. The summed E-state index contributed by atoms with van der Waals surface area (Å²) in [6.45, 7) is 5.95. The number of thioether (sulfide) groups is 1. The lowest BCUT2D eigenvalue weighted by molar-refractivity contribution is -0.141. The number of amides is 3. The number of halogens is 1. The van der Waals surface area contributed by atoms with E-state index < -0.39 is 33.4 Å². The van der Waals surface area contributed by atoms with Gasteiger partial charge in [0.15, 0.2) is 0 Å². The predicted octanol–water partition coefficient (Wildman–Crippen LogP) is 5.84. The summed E-state index contributed by atoms with van der Waals surface area (Å²) in [6.07, 6.45) is 1.25. The molecule has 3 fully saturated rings. The highest BCUT2D eigenvalue weighted by Crippen LogP contribution is 2.72. The smallest absolute Gasteiger partial charge is 0.248 e. The SMILES string of the molecule is CCOc1ccc(NC(=O)[C@H]2[C@H]3C(=O)N([C@H](CO)c4ccccc4)C(C(=O)Nc4c(C)cccc4Cl)C34CC[C@]2(C)S4)cc1. The molecule has 2 bridgehead atoms. The fraction of sp³-hybridized carbons (Fsp3) is 0.382. The molecule has 1 spiro atoms. The van der Waals surface area contributed by atoms with Gasteiger partial charge in [-0.25, -0.2) is 0 Å². The van der Waals surface area contributed by atoms with Gasteiger partial charge >= 0.3 is 0 Å². The summed E-state index contributed by atoms with van der Waals surface area (Å²) in [5, 5.41) is 17.2. The number of carbonyl (C=O) groups excluding carboxylic acids is 3. The maximum absolute atomic E-state index is 14.7. The Kier molecular flexibility index (Phi) is 8.15. The average Bonchev–Trinajstić information content (AvgIpc) is 3.58. The van der Waals surface area contributed by atoms with Crippen LogP contribution in [0.1, 0.15) is 43.9 Å². The lowest BCUT2D eigenvalue weighted by atomic mass is 9.66. The summed E-state index contributed by atoms with van der Waals surface area (Å²) < 4.78 is 4.11. The first kappa shape index (κ1) is 30.5. The van der Waals surface area contributed by atoms with Crippen molar-refractivity contribution in [3.05, 3.63) is 88.9 Å². The molecular weight excluding hydrogens is 598 g/mol. The number of aliphatic hydroxyl groups excluding tert-OH is 1. The summed E-state index contributed by atoms with van der Waals surface area (Å²) in [5.74, 6) is -1.67. The van der Waals surface area contributed by atoms with Gasteiger partial charge in [-0.15, -0.1) is 11.8 Å². The molecule has 6 rings (SSSR count). The molecule has 6 atom stereocenters. The van der Waals surface area contributed by atoms with E-state index in [2.05, 4.69) is 10.6 Å².